The highest BCUT2D eigenvalue weighted by Gasteiger charge is 2.53. The summed E-state index contributed by atoms with van der Waals surface area (Å²) in [5.41, 5.74) is 5.11. The van der Waals surface area contributed by atoms with Gasteiger partial charge in [-0.25, -0.2) is 0 Å². The molecule has 2 fully saturated rings. The molecule has 1 unspecified atom stereocenters. The lowest BCUT2D eigenvalue weighted by atomic mass is 9.61. The molecule has 19 heavy (non-hydrogen) atoms. The fraction of sp³-hybridized carbons (Fsp3) is 0.857. The molecule has 1 atom stereocenters. The van der Waals surface area contributed by atoms with Gasteiger partial charge in [0.05, 0.1) is 0 Å². The van der Waals surface area contributed by atoms with Crippen LogP contribution in [0.5, 0.6) is 0 Å². The zero-order chi connectivity index (χ0) is 14.3. The summed E-state index contributed by atoms with van der Waals surface area (Å²) in [6.07, 6.45) is 4.63. The molecule has 108 valence electrons. The number of hydrogen-bond donors (Lipinski definition) is 3. The first-order chi connectivity index (χ1) is 8.82. The van der Waals surface area contributed by atoms with E-state index in [0.29, 0.717) is 18.8 Å². The van der Waals surface area contributed by atoms with Crippen molar-refractivity contribution in [3.8, 4) is 0 Å². The first-order valence-corrected chi connectivity index (χ1v) is 7.11. The number of hydrogen-bond acceptors (Lipinski definition) is 3. The third-order valence-electron chi connectivity index (χ3n) is 4.99. The molecule has 0 aromatic heterocycles. The van der Waals surface area contributed by atoms with E-state index in [1.165, 1.54) is 0 Å². The lowest BCUT2D eigenvalue weighted by Gasteiger charge is -2.45. The van der Waals surface area contributed by atoms with Crippen LogP contribution in [0, 0.1) is 16.7 Å². The normalized spacial score (nSPS) is 37.7. The highest BCUT2D eigenvalue weighted by Crippen LogP contribution is 2.47. The molecule has 0 aromatic rings. The minimum Gasteiger partial charge on any atom is -0.409 e. The summed E-state index contributed by atoms with van der Waals surface area (Å²) in [6.45, 7) is 6.45. The van der Waals surface area contributed by atoms with E-state index in [4.69, 9.17) is 10.9 Å². The molecule has 0 aromatic carbocycles. The first kappa shape index (κ1) is 14.2. The molecule has 2 rings (SSSR count). The predicted molar refractivity (Wildman–Crippen MR) is 73.8 cm³/mol. The minimum absolute atomic E-state index is 0.0545. The third-order valence-corrected chi connectivity index (χ3v) is 4.99. The Labute approximate surface area is 114 Å². The van der Waals surface area contributed by atoms with Crippen molar-refractivity contribution < 1.29 is 10.0 Å². The van der Waals surface area contributed by atoms with Gasteiger partial charge < -0.3 is 16.3 Å². The summed E-state index contributed by atoms with van der Waals surface area (Å²) in [7, 11) is 0. The van der Waals surface area contributed by atoms with Crippen LogP contribution in [0.15, 0.2) is 5.16 Å². The Morgan fingerprint density at radius 3 is 2.47 bits per heavy atom. The van der Waals surface area contributed by atoms with Crippen molar-refractivity contribution in [3.63, 3.8) is 0 Å². The van der Waals surface area contributed by atoms with Gasteiger partial charge in [-0.15, -0.1) is 0 Å². The summed E-state index contributed by atoms with van der Waals surface area (Å²) in [6, 6.07) is 0.194. The third kappa shape index (κ3) is 2.30. The molecule has 2 aliphatic carbocycles. The van der Waals surface area contributed by atoms with E-state index in [1.807, 2.05) is 0 Å². The van der Waals surface area contributed by atoms with Gasteiger partial charge in [0.15, 0.2) is 5.84 Å². The summed E-state index contributed by atoms with van der Waals surface area (Å²) >= 11 is 0. The Morgan fingerprint density at radius 2 is 2.05 bits per heavy atom. The zero-order valence-corrected chi connectivity index (χ0v) is 12.1. The molecular formula is C14H25N3O2. The van der Waals surface area contributed by atoms with Crippen LogP contribution in [-0.4, -0.2) is 23.0 Å². The van der Waals surface area contributed by atoms with Crippen LogP contribution in [0.4, 0.5) is 0 Å². The van der Waals surface area contributed by atoms with E-state index in [1.54, 1.807) is 0 Å². The van der Waals surface area contributed by atoms with Crippen LogP contribution in [0.25, 0.3) is 0 Å². The van der Waals surface area contributed by atoms with Gasteiger partial charge in [-0.2, -0.15) is 0 Å². The second-order valence-corrected chi connectivity index (χ2v) is 6.99. The predicted octanol–water partition coefficient (Wildman–Crippen LogP) is 1.84. The molecule has 5 heteroatoms. The van der Waals surface area contributed by atoms with E-state index in [2.05, 4.69) is 31.2 Å². The van der Waals surface area contributed by atoms with Crippen LogP contribution >= 0.6 is 0 Å². The Bertz CT molecular complexity index is 397. The number of nitrogens with two attached hydrogens (primary N) is 1. The van der Waals surface area contributed by atoms with Crippen LogP contribution in [0.2, 0.25) is 0 Å². The number of carbonyl (C=O) groups excluding carboxylic acids is 1. The molecular weight excluding hydrogens is 242 g/mol. The maximum Gasteiger partial charge on any atom is 0.234 e. The Hall–Kier alpha value is -1.26. The molecule has 2 aliphatic rings. The van der Waals surface area contributed by atoms with Gasteiger partial charge in [0.2, 0.25) is 5.91 Å². The Balaban J connectivity index is 2.10. The molecule has 0 heterocycles. The number of amides is 1. The maximum absolute atomic E-state index is 12.6. The van der Waals surface area contributed by atoms with E-state index in [0.717, 1.165) is 19.3 Å². The van der Waals surface area contributed by atoms with Gasteiger partial charge >= 0.3 is 0 Å². The van der Waals surface area contributed by atoms with E-state index in [-0.39, 0.29) is 23.2 Å². The van der Waals surface area contributed by atoms with Crippen molar-refractivity contribution in [1.29, 1.82) is 0 Å². The molecule has 0 bridgehead atoms. The van der Waals surface area contributed by atoms with Crippen LogP contribution in [0.1, 0.15) is 52.9 Å². The van der Waals surface area contributed by atoms with Crippen molar-refractivity contribution in [2.75, 3.05) is 0 Å². The number of nitrogens with one attached hydrogen (secondary N) is 1. The molecule has 5 nitrogen and oxygen atoms in total. The number of rotatable bonds is 3. The monoisotopic (exact) mass is 267 g/mol. The van der Waals surface area contributed by atoms with Crippen LogP contribution < -0.4 is 11.1 Å². The van der Waals surface area contributed by atoms with Crippen molar-refractivity contribution >= 4 is 11.7 Å². The lowest BCUT2D eigenvalue weighted by Crippen LogP contribution is -2.59. The standard InChI is InChI=1S/C14H25N3O2/c1-9-7-14(8-9,11(15)17-19)12(18)16-10-5-4-6-13(10,2)3/h9-10,19H,4-8H2,1-3H3,(H2,15,17)(H,16,18). The molecule has 2 saturated carbocycles. The van der Waals surface area contributed by atoms with Crippen LogP contribution in [-0.2, 0) is 4.79 Å². The average Bonchev–Trinajstić information content (AvgIpc) is 2.63. The fourth-order valence-electron chi connectivity index (χ4n) is 3.63. The lowest BCUT2D eigenvalue weighted by molar-refractivity contribution is -0.134. The second-order valence-electron chi connectivity index (χ2n) is 6.99. The van der Waals surface area contributed by atoms with Crippen molar-refractivity contribution in [2.24, 2.45) is 27.6 Å². The van der Waals surface area contributed by atoms with E-state index >= 15 is 0 Å². The zero-order valence-electron chi connectivity index (χ0n) is 12.1. The van der Waals surface area contributed by atoms with Gasteiger partial charge in [-0.1, -0.05) is 32.3 Å². The maximum atomic E-state index is 12.6. The summed E-state index contributed by atoms with van der Waals surface area (Å²) in [5.74, 6) is 0.433. The molecule has 0 radical (unpaired) electrons. The topological polar surface area (TPSA) is 87.7 Å². The highest BCUT2D eigenvalue weighted by molar-refractivity contribution is 6.07. The van der Waals surface area contributed by atoms with E-state index in [9.17, 15) is 4.79 Å². The second kappa shape index (κ2) is 4.69. The quantitative estimate of drug-likeness (QED) is 0.315. The molecule has 1 amide bonds. The molecule has 0 saturated heterocycles. The summed E-state index contributed by atoms with van der Waals surface area (Å²) in [5, 5.41) is 15.1. The Kier molecular flexibility index (Phi) is 3.49. The number of carbonyl (C=O) groups is 1. The van der Waals surface area contributed by atoms with Crippen molar-refractivity contribution in [2.45, 2.75) is 58.9 Å². The van der Waals surface area contributed by atoms with Crippen molar-refractivity contribution in [3.05, 3.63) is 0 Å². The van der Waals surface area contributed by atoms with Gasteiger partial charge in [0, 0.05) is 6.04 Å². The minimum atomic E-state index is -0.785. The van der Waals surface area contributed by atoms with Gasteiger partial charge in [-0.3, -0.25) is 4.79 Å². The molecule has 4 N–H and O–H groups in total. The summed E-state index contributed by atoms with van der Waals surface area (Å²) < 4.78 is 0. The van der Waals surface area contributed by atoms with Gasteiger partial charge in [-0.05, 0) is 37.0 Å². The molecule has 0 spiro atoms. The largest absolute Gasteiger partial charge is 0.409 e. The number of amidine groups is 1. The van der Waals surface area contributed by atoms with Gasteiger partial charge in [0.1, 0.15) is 5.41 Å². The molecule has 0 aliphatic heterocycles. The SMILES string of the molecule is CC1CC(C(=O)NC2CCCC2(C)C)(C(N)=NO)C1. The van der Waals surface area contributed by atoms with Crippen molar-refractivity contribution in [1.82, 2.24) is 5.32 Å². The Morgan fingerprint density at radius 1 is 1.42 bits per heavy atom. The number of nitrogens with zero attached hydrogens (tertiary/aromatic N) is 1. The first-order valence-electron chi connectivity index (χ1n) is 7.11. The summed E-state index contributed by atoms with van der Waals surface area (Å²) in [4.78, 5) is 12.6. The van der Waals surface area contributed by atoms with Gasteiger partial charge in [0.25, 0.3) is 0 Å². The highest BCUT2D eigenvalue weighted by atomic mass is 16.4. The number of oxime groups is 1. The smallest absolute Gasteiger partial charge is 0.234 e. The van der Waals surface area contributed by atoms with Crippen LogP contribution in [0.3, 0.4) is 0 Å². The fourth-order valence-corrected chi connectivity index (χ4v) is 3.63. The average molecular weight is 267 g/mol. The van der Waals surface area contributed by atoms with E-state index < -0.39 is 5.41 Å².